The van der Waals surface area contributed by atoms with Gasteiger partial charge in [-0.05, 0) is 71.0 Å². The van der Waals surface area contributed by atoms with Gasteiger partial charge < -0.3 is 9.30 Å². The molecule has 2 aromatic heterocycles. The zero-order valence-electron chi connectivity index (χ0n) is 18.6. The fourth-order valence-electron chi connectivity index (χ4n) is 3.72. The van der Waals surface area contributed by atoms with Gasteiger partial charge in [-0.25, -0.2) is 13.9 Å². The lowest BCUT2D eigenvalue weighted by Crippen LogP contribution is -2.14. The summed E-state index contributed by atoms with van der Waals surface area (Å²) in [7, 11) is 0. The highest BCUT2D eigenvalue weighted by Crippen LogP contribution is 2.25. The molecule has 0 aliphatic heterocycles. The molecule has 0 saturated carbocycles. The van der Waals surface area contributed by atoms with Crippen molar-refractivity contribution in [3.8, 4) is 5.69 Å². The molecule has 0 atom stereocenters. The number of aryl methyl sites for hydroxylation is 2. The van der Waals surface area contributed by atoms with Crippen LogP contribution in [0, 0.1) is 26.6 Å². The van der Waals surface area contributed by atoms with E-state index in [-0.39, 0.29) is 29.4 Å². The van der Waals surface area contributed by atoms with Gasteiger partial charge in [-0.2, -0.15) is 5.10 Å². The molecule has 2 heterocycles. The Hall–Kier alpha value is -3.19. The molecule has 0 amide bonds. The van der Waals surface area contributed by atoms with Gasteiger partial charge in [0.05, 0.1) is 11.4 Å². The number of ether oxygens (including phenoxy) is 1. The third kappa shape index (κ3) is 4.83. The number of rotatable bonds is 7. The van der Waals surface area contributed by atoms with E-state index in [0.29, 0.717) is 22.5 Å². The SMILES string of the molecule is Cc1nn(-c2ccc(F)cc2)c(Cl)c1/C=C/C(=O)OCC(=O)c1cc(C)n(C(C)C)c1C. The van der Waals surface area contributed by atoms with Crippen LogP contribution in [0.3, 0.4) is 0 Å². The van der Waals surface area contributed by atoms with E-state index in [0.717, 1.165) is 11.4 Å². The molecule has 0 spiro atoms. The van der Waals surface area contributed by atoms with Crippen molar-refractivity contribution in [3.05, 3.63) is 75.6 Å². The number of hydrogen-bond acceptors (Lipinski definition) is 4. The number of carbonyl (C=O) groups excluding carboxylic acids is 2. The summed E-state index contributed by atoms with van der Waals surface area (Å²) < 4.78 is 21.8. The Morgan fingerprint density at radius 2 is 1.84 bits per heavy atom. The number of halogens is 2. The summed E-state index contributed by atoms with van der Waals surface area (Å²) in [5, 5.41) is 4.61. The molecule has 1 aromatic carbocycles. The smallest absolute Gasteiger partial charge is 0.331 e. The first-order chi connectivity index (χ1) is 15.1. The van der Waals surface area contributed by atoms with Crippen LogP contribution in [0.4, 0.5) is 4.39 Å². The molecule has 6 nitrogen and oxygen atoms in total. The van der Waals surface area contributed by atoms with Gasteiger partial charge in [-0.1, -0.05) is 11.6 Å². The molecule has 0 radical (unpaired) electrons. The summed E-state index contributed by atoms with van der Waals surface area (Å²) >= 11 is 6.40. The van der Waals surface area contributed by atoms with Crippen LogP contribution >= 0.6 is 11.6 Å². The average molecular weight is 458 g/mol. The minimum Gasteiger partial charge on any atom is -0.454 e. The highest BCUT2D eigenvalue weighted by atomic mass is 35.5. The van der Waals surface area contributed by atoms with Crippen molar-refractivity contribution in [3.63, 3.8) is 0 Å². The van der Waals surface area contributed by atoms with Gasteiger partial charge in [0, 0.05) is 34.6 Å². The summed E-state index contributed by atoms with van der Waals surface area (Å²) in [5.74, 6) is -1.29. The quantitative estimate of drug-likeness (QED) is 0.270. The summed E-state index contributed by atoms with van der Waals surface area (Å²) in [6.07, 6.45) is 2.69. The van der Waals surface area contributed by atoms with E-state index in [9.17, 15) is 14.0 Å². The largest absolute Gasteiger partial charge is 0.454 e. The van der Waals surface area contributed by atoms with Crippen molar-refractivity contribution in [1.29, 1.82) is 0 Å². The zero-order chi connectivity index (χ0) is 23.6. The lowest BCUT2D eigenvalue weighted by atomic mass is 10.1. The van der Waals surface area contributed by atoms with Crippen LogP contribution in [0.15, 0.2) is 36.4 Å². The number of aromatic nitrogens is 3. The molecular formula is C24H25ClFN3O3. The van der Waals surface area contributed by atoms with Crippen molar-refractivity contribution in [2.24, 2.45) is 0 Å². The first kappa shape index (κ1) is 23.5. The Kier molecular flexibility index (Phi) is 6.99. The maximum atomic E-state index is 13.2. The minimum atomic E-state index is -0.666. The molecule has 0 aliphatic carbocycles. The molecular weight excluding hydrogens is 433 g/mol. The minimum absolute atomic E-state index is 0.228. The van der Waals surface area contributed by atoms with Gasteiger partial charge in [0.15, 0.2) is 6.61 Å². The van der Waals surface area contributed by atoms with E-state index >= 15 is 0 Å². The van der Waals surface area contributed by atoms with Gasteiger partial charge in [0.1, 0.15) is 11.0 Å². The van der Waals surface area contributed by atoms with Gasteiger partial charge >= 0.3 is 5.97 Å². The summed E-state index contributed by atoms with van der Waals surface area (Å²) in [5.41, 5.74) is 4.08. The molecule has 8 heteroatoms. The van der Waals surface area contributed by atoms with Crippen LogP contribution in [-0.2, 0) is 9.53 Å². The van der Waals surface area contributed by atoms with Gasteiger partial charge in [0.25, 0.3) is 0 Å². The third-order valence-electron chi connectivity index (χ3n) is 5.15. The van der Waals surface area contributed by atoms with E-state index in [2.05, 4.69) is 9.67 Å². The second-order valence-corrected chi connectivity index (χ2v) is 8.15. The zero-order valence-corrected chi connectivity index (χ0v) is 19.4. The van der Waals surface area contributed by atoms with Crippen molar-refractivity contribution >= 4 is 29.4 Å². The Bertz CT molecular complexity index is 1190. The first-order valence-corrected chi connectivity index (χ1v) is 10.6. The normalized spacial score (nSPS) is 11.5. The molecule has 168 valence electrons. The topological polar surface area (TPSA) is 66.1 Å². The summed E-state index contributed by atoms with van der Waals surface area (Å²) in [6, 6.07) is 7.77. The van der Waals surface area contributed by atoms with Crippen molar-refractivity contribution < 1.29 is 18.7 Å². The molecule has 0 N–H and O–H groups in total. The van der Waals surface area contributed by atoms with Crippen LogP contribution in [0.5, 0.6) is 0 Å². The number of carbonyl (C=O) groups is 2. The van der Waals surface area contributed by atoms with E-state index < -0.39 is 5.97 Å². The van der Waals surface area contributed by atoms with Crippen LogP contribution in [0.1, 0.15) is 52.9 Å². The van der Waals surface area contributed by atoms with Crippen molar-refractivity contribution in [2.75, 3.05) is 6.61 Å². The fourth-order valence-corrected chi connectivity index (χ4v) is 4.06. The van der Waals surface area contributed by atoms with E-state index in [1.54, 1.807) is 19.1 Å². The molecule has 3 rings (SSSR count). The monoisotopic (exact) mass is 457 g/mol. The molecule has 0 saturated heterocycles. The van der Waals surface area contributed by atoms with Crippen LogP contribution in [0.25, 0.3) is 11.8 Å². The Labute approximate surface area is 191 Å². The lowest BCUT2D eigenvalue weighted by molar-refractivity contribution is -0.136. The fraction of sp³-hybridized carbons (Fsp3) is 0.292. The number of Topliss-reactive ketones (excluding diaryl/α,β-unsaturated/α-hetero) is 1. The first-order valence-electron chi connectivity index (χ1n) is 10.2. The Morgan fingerprint density at radius 1 is 1.19 bits per heavy atom. The van der Waals surface area contributed by atoms with E-state index in [4.69, 9.17) is 16.3 Å². The average Bonchev–Trinajstić information content (AvgIpc) is 3.20. The number of esters is 1. The molecule has 0 unspecified atom stereocenters. The molecule has 0 aliphatic rings. The van der Waals surface area contributed by atoms with Gasteiger partial charge in [-0.15, -0.1) is 0 Å². The predicted octanol–water partition coefficient (Wildman–Crippen LogP) is 5.41. The number of hydrogen-bond donors (Lipinski definition) is 0. The molecule has 0 fully saturated rings. The maximum Gasteiger partial charge on any atom is 0.331 e. The molecule has 32 heavy (non-hydrogen) atoms. The predicted molar refractivity (Wildman–Crippen MR) is 122 cm³/mol. The van der Waals surface area contributed by atoms with Crippen molar-refractivity contribution in [1.82, 2.24) is 14.3 Å². The standard InChI is InChI=1S/C24H25ClFN3O3/c1-14(2)28-15(3)12-21(17(28)5)22(30)13-32-23(31)11-10-20-16(4)27-29(24(20)25)19-8-6-18(26)7-9-19/h6-12,14H,13H2,1-5H3/b11-10+. The summed E-state index contributed by atoms with van der Waals surface area (Å²) in [6.45, 7) is 9.30. The second kappa shape index (κ2) is 9.53. The highest BCUT2D eigenvalue weighted by molar-refractivity contribution is 6.31. The summed E-state index contributed by atoms with van der Waals surface area (Å²) in [4.78, 5) is 24.7. The van der Waals surface area contributed by atoms with Crippen molar-refractivity contribution in [2.45, 2.75) is 40.7 Å². The number of benzene rings is 1. The van der Waals surface area contributed by atoms with Gasteiger partial charge in [0.2, 0.25) is 5.78 Å². The second-order valence-electron chi connectivity index (χ2n) is 7.79. The van der Waals surface area contributed by atoms with Crippen LogP contribution < -0.4 is 0 Å². The van der Waals surface area contributed by atoms with E-state index in [1.807, 2.05) is 33.8 Å². The molecule has 0 bridgehead atoms. The molecule has 3 aromatic rings. The van der Waals surface area contributed by atoms with Crippen LogP contribution in [0.2, 0.25) is 5.15 Å². The van der Waals surface area contributed by atoms with Crippen LogP contribution in [-0.4, -0.2) is 32.7 Å². The Morgan fingerprint density at radius 3 is 2.44 bits per heavy atom. The highest BCUT2D eigenvalue weighted by Gasteiger charge is 2.18. The van der Waals surface area contributed by atoms with Gasteiger partial charge in [-0.3, -0.25) is 4.79 Å². The number of ketones is 1. The Balaban J connectivity index is 1.68. The lowest BCUT2D eigenvalue weighted by Gasteiger charge is -2.13. The maximum absolute atomic E-state index is 13.2. The number of nitrogens with zero attached hydrogens (tertiary/aromatic N) is 3. The third-order valence-corrected chi connectivity index (χ3v) is 5.52. The van der Waals surface area contributed by atoms with E-state index in [1.165, 1.54) is 29.0 Å².